The second kappa shape index (κ2) is 5.41. The number of anilines is 1. The van der Waals surface area contributed by atoms with Crippen molar-refractivity contribution in [2.45, 2.75) is 11.8 Å². The number of aryl methyl sites for hydroxylation is 1. The Bertz CT molecular complexity index is 590. The zero-order valence-corrected chi connectivity index (χ0v) is 11.6. The molecule has 0 fully saturated rings. The molecule has 94 valence electrons. The van der Waals surface area contributed by atoms with Gasteiger partial charge in [-0.1, -0.05) is 0 Å². The van der Waals surface area contributed by atoms with Gasteiger partial charge in [-0.05, 0) is 31.2 Å². The molecule has 6 heteroatoms. The van der Waals surface area contributed by atoms with Gasteiger partial charge in [-0.25, -0.2) is 4.98 Å². The molecule has 1 aromatic heterocycles. The number of carbonyl (C=O) groups excluding carboxylic acids is 1. The molecule has 1 heterocycles. The van der Waals surface area contributed by atoms with E-state index in [-0.39, 0.29) is 5.91 Å². The summed E-state index contributed by atoms with van der Waals surface area (Å²) < 4.78 is 11.2. The Balaban J connectivity index is 2.11. The van der Waals surface area contributed by atoms with E-state index in [0.717, 1.165) is 4.88 Å². The normalized spacial score (nSPS) is 12.1. The molecule has 0 saturated carbocycles. The van der Waals surface area contributed by atoms with E-state index in [4.69, 9.17) is 0 Å². The monoisotopic (exact) mass is 280 g/mol. The number of nitrogens with zero attached hydrogens (tertiary/aromatic N) is 1. The molecule has 4 nitrogen and oxygen atoms in total. The minimum atomic E-state index is -1.03. The molecule has 1 aromatic carbocycles. The molecular formula is C12H12N2O2S2. The first kappa shape index (κ1) is 12.9. The van der Waals surface area contributed by atoms with Gasteiger partial charge in [0.05, 0.1) is 0 Å². The number of rotatable bonds is 3. The lowest BCUT2D eigenvalue weighted by atomic mass is 10.2. The van der Waals surface area contributed by atoms with E-state index < -0.39 is 10.8 Å². The molecule has 0 aliphatic carbocycles. The van der Waals surface area contributed by atoms with Gasteiger partial charge < -0.3 is 0 Å². The highest BCUT2D eigenvalue weighted by Gasteiger charge is 2.08. The lowest BCUT2D eigenvalue weighted by Crippen LogP contribution is -2.11. The second-order valence-electron chi connectivity index (χ2n) is 3.71. The van der Waals surface area contributed by atoms with Gasteiger partial charge in [0.2, 0.25) is 0 Å². The van der Waals surface area contributed by atoms with E-state index >= 15 is 0 Å². The highest BCUT2D eigenvalue weighted by Crippen LogP contribution is 2.17. The molecule has 2 rings (SSSR count). The summed E-state index contributed by atoms with van der Waals surface area (Å²) in [5, 5.41) is 3.30. The molecule has 0 saturated heterocycles. The van der Waals surface area contributed by atoms with Crippen LogP contribution in [-0.4, -0.2) is 21.4 Å². The van der Waals surface area contributed by atoms with Crippen molar-refractivity contribution in [2.75, 3.05) is 11.6 Å². The number of thiazole rings is 1. The Kier molecular flexibility index (Phi) is 3.88. The number of nitrogens with one attached hydrogen (secondary N) is 1. The summed E-state index contributed by atoms with van der Waals surface area (Å²) in [6.45, 7) is 1.93. The topological polar surface area (TPSA) is 59.1 Å². The maximum atomic E-state index is 11.9. The molecular weight excluding hydrogens is 268 g/mol. The lowest BCUT2D eigenvalue weighted by molar-refractivity contribution is 0.102. The Hall–Kier alpha value is -1.53. The van der Waals surface area contributed by atoms with Crippen LogP contribution in [0.1, 0.15) is 15.2 Å². The molecule has 1 N–H and O–H groups in total. The van der Waals surface area contributed by atoms with Crippen molar-refractivity contribution in [3.63, 3.8) is 0 Å². The number of benzene rings is 1. The lowest BCUT2D eigenvalue weighted by Gasteiger charge is -2.02. The van der Waals surface area contributed by atoms with Crippen LogP contribution in [0.15, 0.2) is 35.4 Å². The molecule has 0 aliphatic rings. The van der Waals surface area contributed by atoms with E-state index in [1.165, 1.54) is 11.3 Å². The Morgan fingerprint density at radius 1 is 1.33 bits per heavy atom. The summed E-state index contributed by atoms with van der Waals surface area (Å²) in [6.07, 6.45) is 3.32. The average Bonchev–Trinajstić information content (AvgIpc) is 2.75. The number of hydrogen-bond donors (Lipinski definition) is 1. The van der Waals surface area contributed by atoms with Gasteiger partial charge in [0.1, 0.15) is 0 Å². The largest absolute Gasteiger partial charge is 0.298 e. The minimum absolute atomic E-state index is 0.210. The maximum Gasteiger partial charge on any atom is 0.257 e. The Morgan fingerprint density at radius 3 is 2.50 bits per heavy atom. The van der Waals surface area contributed by atoms with Crippen LogP contribution < -0.4 is 5.32 Å². The summed E-state index contributed by atoms with van der Waals surface area (Å²) in [5.74, 6) is -0.210. The van der Waals surface area contributed by atoms with Crippen molar-refractivity contribution in [2.24, 2.45) is 0 Å². The molecule has 1 atom stereocenters. The smallest absolute Gasteiger partial charge is 0.257 e. The van der Waals surface area contributed by atoms with Gasteiger partial charge in [-0.15, -0.1) is 11.3 Å². The van der Waals surface area contributed by atoms with Crippen molar-refractivity contribution in [1.82, 2.24) is 4.98 Å². The van der Waals surface area contributed by atoms with Gasteiger partial charge in [-0.2, -0.15) is 0 Å². The molecule has 0 radical (unpaired) electrons. The molecule has 0 spiro atoms. The van der Waals surface area contributed by atoms with Gasteiger partial charge in [0, 0.05) is 38.6 Å². The second-order valence-corrected chi connectivity index (χ2v) is 6.32. The zero-order valence-electron chi connectivity index (χ0n) is 9.97. The Morgan fingerprint density at radius 2 is 2.00 bits per heavy atom. The maximum absolute atomic E-state index is 11.9. The van der Waals surface area contributed by atoms with E-state index in [2.05, 4.69) is 10.3 Å². The standard InChI is InChI=1S/C12H12N2O2S2/c1-8-7-13-12(17-8)14-11(15)9-3-5-10(6-4-9)18(2)16/h3-7H,1-2H3,(H,13,14,15)/t18-/m1/s1. The summed E-state index contributed by atoms with van der Waals surface area (Å²) >= 11 is 1.43. The third-order valence-electron chi connectivity index (χ3n) is 2.29. The molecule has 0 aliphatic heterocycles. The SMILES string of the molecule is Cc1cnc(NC(=O)c2ccc([S@@](C)=O)cc2)s1. The molecule has 0 bridgehead atoms. The van der Waals surface area contributed by atoms with Gasteiger partial charge in [-0.3, -0.25) is 14.3 Å². The summed E-state index contributed by atoms with van der Waals surface area (Å²) in [6, 6.07) is 6.70. The van der Waals surface area contributed by atoms with Crippen LogP contribution in [0.3, 0.4) is 0 Å². The third-order valence-corrected chi connectivity index (χ3v) is 4.05. The fourth-order valence-corrected chi connectivity index (χ4v) is 2.56. The zero-order chi connectivity index (χ0) is 13.1. The summed E-state index contributed by atoms with van der Waals surface area (Å²) in [4.78, 5) is 17.7. The van der Waals surface area contributed by atoms with E-state index in [0.29, 0.717) is 15.6 Å². The highest BCUT2D eigenvalue weighted by molar-refractivity contribution is 7.84. The van der Waals surface area contributed by atoms with Crippen molar-refractivity contribution in [1.29, 1.82) is 0 Å². The van der Waals surface area contributed by atoms with Gasteiger partial charge in [0.15, 0.2) is 5.13 Å². The van der Waals surface area contributed by atoms with E-state index in [1.807, 2.05) is 6.92 Å². The van der Waals surface area contributed by atoms with E-state index in [9.17, 15) is 9.00 Å². The van der Waals surface area contributed by atoms with Crippen LogP contribution in [0.2, 0.25) is 0 Å². The summed E-state index contributed by atoms with van der Waals surface area (Å²) in [5.41, 5.74) is 0.525. The van der Waals surface area contributed by atoms with Crippen LogP contribution in [0.4, 0.5) is 5.13 Å². The van der Waals surface area contributed by atoms with Gasteiger partial charge in [0.25, 0.3) is 5.91 Å². The molecule has 0 unspecified atom stereocenters. The van der Waals surface area contributed by atoms with Crippen LogP contribution in [0.5, 0.6) is 0 Å². The number of hydrogen-bond acceptors (Lipinski definition) is 4. The van der Waals surface area contributed by atoms with Crippen molar-refractivity contribution < 1.29 is 9.00 Å². The van der Waals surface area contributed by atoms with Crippen LogP contribution in [-0.2, 0) is 10.8 Å². The number of aromatic nitrogens is 1. The van der Waals surface area contributed by atoms with E-state index in [1.54, 1.807) is 36.7 Å². The minimum Gasteiger partial charge on any atom is -0.298 e. The fourth-order valence-electron chi connectivity index (χ4n) is 1.38. The van der Waals surface area contributed by atoms with Crippen molar-refractivity contribution in [3.05, 3.63) is 40.9 Å². The van der Waals surface area contributed by atoms with Crippen LogP contribution >= 0.6 is 11.3 Å². The third kappa shape index (κ3) is 3.02. The summed E-state index contributed by atoms with van der Waals surface area (Å²) in [7, 11) is -1.03. The fraction of sp³-hybridized carbons (Fsp3) is 0.167. The number of carbonyl (C=O) groups is 1. The molecule has 1 amide bonds. The average molecular weight is 280 g/mol. The van der Waals surface area contributed by atoms with Gasteiger partial charge >= 0.3 is 0 Å². The van der Waals surface area contributed by atoms with Crippen LogP contribution in [0, 0.1) is 6.92 Å². The first-order valence-electron chi connectivity index (χ1n) is 5.23. The van der Waals surface area contributed by atoms with Crippen molar-refractivity contribution >= 4 is 33.2 Å². The molecule has 18 heavy (non-hydrogen) atoms. The number of amides is 1. The first-order chi connectivity index (χ1) is 8.56. The Labute approximate surface area is 112 Å². The predicted molar refractivity (Wildman–Crippen MR) is 73.6 cm³/mol. The van der Waals surface area contributed by atoms with Crippen molar-refractivity contribution in [3.8, 4) is 0 Å². The highest BCUT2D eigenvalue weighted by atomic mass is 32.2. The van der Waals surface area contributed by atoms with Crippen LogP contribution in [0.25, 0.3) is 0 Å². The predicted octanol–water partition coefficient (Wildman–Crippen LogP) is 2.44. The quantitative estimate of drug-likeness (QED) is 0.939. The first-order valence-corrected chi connectivity index (χ1v) is 7.61. The molecule has 2 aromatic rings.